The summed E-state index contributed by atoms with van der Waals surface area (Å²) in [6.07, 6.45) is 4.64. The van der Waals surface area contributed by atoms with Crippen LogP contribution >= 0.6 is 40.7 Å². The Morgan fingerprint density at radius 2 is 2.13 bits per heavy atom. The molecule has 0 aromatic carbocycles. The number of H-pyrrole nitrogens is 1. The summed E-state index contributed by atoms with van der Waals surface area (Å²) in [5.74, 6) is 0. The third-order valence-corrected chi connectivity index (χ3v) is 2.41. The average molecular weight is 313 g/mol. The Hall–Kier alpha value is -0.290. The molecule has 6 heteroatoms. The Morgan fingerprint density at radius 1 is 1.40 bits per heavy atom. The fourth-order valence-corrected chi connectivity index (χ4v) is 1.72. The first-order valence-electron chi connectivity index (χ1n) is 4.13. The molecule has 0 saturated carbocycles. The van der Waals surface area contributed by atoms with E-state index in [0.29, 0.717) is 6.54 Å². The van der Waals surface area contributed by atoms with Crippen molar-refractivity contribution in [2.75, 3.05) is 6.54 Å². The SMILES string of the molecule is Cl.Cl.NCCc1c[nH]c2cc(Br)cnc12. The average Bonchev–Trinajstić information content (AvgIpc) is 2.49. The van der Waals surface area contributed by atoms with Gasteiger partial charge >= 0.3 is 0 Å². The Kier molecular flexibility index (Phi) is 6.20. The zero-order valence-electron chi connectivity index (χ0n) is 7.87. The fraction of sp³-hybridized carbons (Fsp3) is 0.222. The van der Waals surface area contributed by atoms with E-state index in [1.807, 2.05) is 12.3 Å². The molecule has 2 aromatic rings. The number of nitrogens with one attached hydrogen (secondary N) is 1. The molecule has 0 saturated heterocycles. The minimum absolute atomic E-state index is 0. The van der Waals surface area contributed by atoms with E-state index in [2.05, 4.69) is 25.9 Å². The highest BCUT2D eigenvalue weighted by atomic mass is 79.9. The Balaban J connectivity index is 0.000000980. The van der Waals surface area contributed by atoms with E-state index < -0.39 is 0 Å². The van der Waals surface area contributed by atoms with Crippen molar-refractivity contribution in [3.8, 4) is 0 Å². The molecule has 0 radical (unpaired) electrons. The molecule has 84 valence electrons. The van der Waals surface area contributed by atoms with Gasteiger partial charge in [0.05, 0.1) is 11.0 Å². The molecule has 15 heavy (non-hydrogen) atoms. The standard InChI is InChI=1S/C9H10BrN3.2ClH/c10-7-3-8-9(13-5-7)6(1-2-11)4-12-8;;/h3-5,12H,1-2,11H2;2*1H. The molecule has 0 atom stereocenters. The summed E-state index contributed by atoms with van der Waals surface area (Å²) in [6, 6.07) is 2.02. The van der Waals surface area contributed by atoms with Gasteiger partial charge in [0, 0.05) is 16.9 Å². The lowest BCUT2D eigenvalue weighted by Gasteiger charge is -1.94. The Morgan fingerprint density at radius 3 is 2.80 bits per heavy atom. The number of pyridine rings is 1. The second kappa shape index (κ2) is 6.33. The number of aromatic amines is 1. The molecule has 3 nitrogen and oxygen atoms in total. The highest BCUT2D eigenvalue weighted by Crippen LogP contribution is 2.19. The van der Waals surface area contributed by atoms with Crippen molar-refractivity contribution in [2.24, 2.45) is 5.73 Å². The fourth-order valence-electron chi connectivity index (χ4n) is 1.38. The first-order valence-corrected chi connectivity index (χ1v) is 4.92. The van der Waals surface area contributed by atoms with Crippen molar-refractivity contribution in [2.45, 2.75) is 6.42 Å². The first kappa shape index (κ1) is 14.7. The quantitative estimate of drug-likeness (QED) is 0.895. The lowest BCUT2D eigenvalue weighted by Crippen LogP contribution is -2.02. The van der Waals surface area contributed by atoms with Gasteiger partial charge in [0.15, 0.2) is 0 Å². The van der Waals surface area contributed by atoms with Gasteiger partial charge in [-0.1, -0.05) is 0 Å². The maximum absolute atomic E-state index is 5.49. The van der Waals surface area contributed by atoms with Gasteiger partial charge in [-0.25, -0.2) is 0 Å². The molecule has 0 unspecified atom stereocenters. The van der Waals surface area contributed by atoms with Gasteiger partial charge in [0.1, 0.15) is 0 Å². The van der Waals surface area contributed by atoms with Gasteiger partial charge in [0.2, 0.25) is 0 Å². The predicted octanol–water partition coefficient (Wildman–Crippen LogP) is 2.67. The van der Waals surface area contributed by atoms with Crippen LogP contribution in [0.25, 0.3) is 11.0 Å². The summed E-state index contributed by atoms with van der Waals surface area (Å²) in [5, 5.41) is 0. The van der Waals surface area contributed by atoms with Crippen LogP contribution in [0.2, 0.25) is 0 Å². The number of hydrogen-bond donors (Lipinski definition) is 2. The number of fused-ring (bicyclic) bond motifs is 1. The first-order chi connectivity index (χ1) is 6.31. The van der Waals surface area contributed by atoms with E-state index in [9.17, 15) is 0 Å². The molecule has 2 heterocycles. The summed E-state index contributed by atoms with van der Waals surface area (Å²) in [4.78, 5) is 7.49. The normalized spacial score (nSPS) is 9.47. The van der Waals surface area contributed by atoms with Gasteiger partial charge in [-0.2, -0.15) is 0 Å². The van der Waals surface area contributed by atoms with Crippen molar-refractivity contribution >= 4 is 51.8 Å². The Bertz CT molecular complexity index is 430. The van der Waals surface area contributed by atoms with Crippen molar-refractivity contribution < 1.29 is 0 Å². The third-order valence-electron chi connectivity index (χ3n) is 1.97. The van der Waals surface area contributed by atoms with Crippen LogP contribution in [0.3, 0.4) is 0 Å². The molecule has 0 spiro atoms. The second-order valence-corrected chi connectivity index (χ2v) is 3.82. The molecule has 2 aromatic heterocycles. The van der Waals surface area contributed by atoms with Crippen LogP contribution in [0, 0.1) is 0 Å². The zero-order valence-corrected chi connectivity index (χ0v) is 11.1. The van der Waals surface area contributed by atoms with Gasteiger partial charge in [-0.3, -0.25) is 4.98 Å². The van der Waals surface area contributed by atoms with Crippen molar-refractivity contribution in [1.82, 2.24) is 9.97 Å². The van der Waals surface area contributed by atoms with Crippen LogP contribution in [0.1, 0.15) is 5.56 Å². The van der Waals surface area contributed by atoms with Gasteiger partial charge < -0.3 is 10.7 Å². The molecule has 0 amide bonds. The predicted molar refractivity (Wildman–Crippen MR) is 71.0 cm³/mol. The van der Waals surface area contributed by atoms with Crippen molar-refractivity contribution in [3.63, 3.8) is 0 Å². The third kappa shape index (κ3) is 3.08. The van der Waals surface area contributed by atoms with Crippen molar-refractivity contribution in [3.05, 3.63) is 28.5 Å². The molecule has 2 rings (SSSR count). The summed E-state index contributed by atoms with van der Waals surface area (Å²) in [6.45, 7) is 0.657. The molecule has 0 aliphatic carbocycles. The number of nitrogens with two attached hydrogens (primary N) is 1. The van der Waals surface area contributed by atoms with E-state index in [4.69, 9.17) is 5.73 Å². The van der Waals surface area contributed by atoms with Crippen LogP contribution < -0.4 is 5.73 Å². The molecular formula is C9H12BrCl2N3. The minimum atomic E-state index is 0. The van der Waals surface area contributed by atoms with E-state index in [0.717, 1.165) is 21.9 Å². The van der Waals surface area contributed by atoms with Gasteiger partial charge in [-0.05, 0) is 40.5 Å². The van der Waals surface area contributed by atoms with Crippen LogP contribution in [0.15, 0.2) is 22.9 Å². The molecular weight excluding hydrogens is 301 g/mol. The molecule has 0 bridgehead atoms. The maximum Gasteiger partial charge on any atom is 0.0912 e. The molecule has 0 aliphatic heterocycles. The summed E-state index contributed by atoms with van der Waals surface area (Å²) >= 11 is 3.37. The number of aromatic nitrogens is 2. The minimum Gasteiger partial charge on any atom is -0.360 e. The lowest BCUT2D eigenvalue weighted by molar-refractivity contribution is 0.973. The smallest absolute Gasteiger partial charge is 0.0912 e. The van der Waals surface area contributed by atoms with E-state index in [1.165, 1.54) is 5.56 Å². The summed E-state index contributed by atoms with van der Waals surface area (Å²) in [5.41, 5.74) is 8.75. The van der Waals surface area contributed by atoms with E-state index in [-0.39, 0.29) is 24.8 Å². The Labute approximate surface area is 109 Å². The maximum atomic E-state index is 5.49. The summed E-state index contributed by atoms with van der Waals surface area (Å²) < 4.78 is 0.987. The van der Waals surface area contributed by atoms with E-state index >= 15 is 0 Å². The zero-order chi connectivity index (χ0) is 9.26. The molecule has 0 aliphatic rings. The van der Waals surface area contributed by atoms with E-state index in [1.54, 1.807) is 6.20 Å². The van der Waals surface area contributed by atoms with Crippen LogP contribution in [-0.2, 0) is 6.42 Å². The highest BCUT2D eigenvalue weighted by molar-refractivity contribution is 9.10. The van der Waals surface area contributed by atoms with Crippen molar-refractivity contribution in [1.29, 1.82) is 0 Å². The largest absolute Gasteiger partial charge is 0.360 e. The molecule has 3 N–H and O–H groups in total. The summed E-state index contributed by atoms with van der Waals surface area (Å²) in [7, 11) is 0. The topological polar surface area (TPSA) is 54.7 Å². The van der Waals surface area contributed by atoms with Gasteiger partial charge in [-0.15, -0.1) is 24.8 Å². The number of rotatable bonds is 2. The van der Waals surface area contributed by atoms with Crippen LogP contribution in [0.5, 0.6) is 0 Å². The number of halogens is 3. The van der Waals surface area contributed by atoms with Gasteiger partial charge in [0.25, 0.3) is 0 Å². The monoisotopic (exact) mass is 311 g/mol. The number of nitrogens with zero attached hydrogens (tertiary/aromatic N) is 1. The lowest BCUT2D eigenvalue weighted by atomic mass is 10.2. The highest BCUT2D eigenvalue weighted by Gasteiger charge is 2.03. The second-order valence-electron chi connectivity index (χ2n) is 2.90. The number of hydrogen-bond acceptors (Lipinski definition) is 2. The van der Waals surface area contributed by atoms with Crippen LogP contribution in [-0.4, -0.2) is 16.5 Å². The molecule has 0 fully saturated rings. The van der Waals surface area contributed by atoms with Crippen LogP contribution in [0.4, 0.5) is 0 Å².